The number of carbonyl (C=O) groups excluding carboxylic acids is 4. The summed E-state index contributed by atoms with van der Waals surface area (Å²) in [5, 5.41) is 0. The summed E-state index contributed by atoms with van der Waals surface area (Å²) >= 11 is 0. The molecule has 0 saturated heterocycles. The van der Waals surface area contributed by atoms with E-state index < -0.39 is 23.9 Å². The van der Waals surface area contributed by atoms with Crippen molar-refractivity contribution in [3.8, 4) is 0 Å². The average Bonchev–Trinajstić information content (AvgIpc) is 2.85. The normalized spacial score (nSPS) is 10.4. The molecule has 0 aliphatic carbocycles. The quantitative estimate of drug-likeness (QED) is 0.386. The predicted molar refractivity (Wildman–Crippen MR) is 124 cm³/mol. The predicted octanol–water partition coefficient (Wildman–Crippen LogP) is 2.68. The third-order valence-electron chi connectivity index (χ3n) is 4.97. The van der Waals surface area contributed by atoms with Crippen molar-refractivity contribution in [2.24, 2.45) is 11.5 Å². The zero-order chi connectivity index (χ0) is 24.5. The maximum absolute atomic E-state index is 12.3. The topological polar surface area (TPSA) is 139 Å². The summed E-state index contributed by atoms with van der Waals surface area (Å²) in [6.45, 7) is 0.977. The van der Waals surface area contributed by atoms with Crippen molar-refractivity contribution < 1.29 is 28.7 Å². The minimum absolute atomic E-state index is 0.0615. The van der Waals surface area contributed by atoms with Crippen molar-refractivity contribution in [2.45, 2.75) is 12.8 Å². The van der Waals surface area contributed by atoms with E-state index in [1.54, 1.807) is 48.5 Å². The lowest BCUT2D eigenvalue weighted by Gasteiger charge is -2.06. The average molecular weight is 460 g/mol. The molecule has 8 heteroatoms. The Morgan fingerprint density at radius 3 is 0.941 bits per heavy atom. The van der Waals surface area contributed by atoms with Gasteiger partial charge in [0, 0.05) is 0 Å². The Balaban J connectivity index is 1.57. The van der Waals surface area contributed by atoms with Gasteiger partial charge in [0.15, 0.2) is 0 Å². The van der Waals surface area contributed by atoms with Gasteiger partial charge in [-0.3, -0.25) is 0 Å². The first-order valence-electron chi connectivity index (χ1n) is 10.6. The second kappa shape index (κ2) is 11.6. The van der Waals surface area contributed by atoms with E-state index in [2.05, 4.69) is 0 Å². The molecular weight excluding hydrogens is 436 g/mol. The molecule has 4 N–H and O–H groups in total. The van der Waals surface area contributed by atoms with Crippen LogP contribution < -0.4 is 11.5 Å². The molecular formula is C26H24N2O6. The number of benzene rings is 3. The highest BCUT2D eigenvalue weighted by molar-refractivity contribution is 6.04. The number of esters is 4. The number of hydrogen-bond donors (Lipinski definition) is 2. The van der Waals surface area contributed by atoms with Crippen LogP contribution in [0.25, 0.3) is 0 Å². The van der Waals surface area contributed by atoms with Gasteiger partial charge in [0.2, 0.25) is 0 Å². The van der Waals surface area contributed by atoms with Crippen LogP contribution in [0.3, 0.4) is 0 Å². The van der Waals surface area contributed by atoms with Gasteiger partial charge in [-0.15, -0.1) is 0 Å². The first kappa shape index (κ1) is 24.5. The Kier molecular flexibility index (Phi) is 8.39. The maximum atomic E-state index is 12.3. The third-order valence-corrected chi connectivity index (χ3v) is 4.97. The van der Waals surface area contributed by atoms with Gasteiger partial charge in [-0.05, 0) is 85.6 Å². The molecule has 0 radical (unpaired) electrons. The van der Waals surface area contributed by atoms with E-state index in [9.17, 15) is 19.2 Å². The summed E-state index contributed by atoms with van der Waals surface area (Å²) in [5.74, 6) is -3.33. The SMILES string of the molecule is NCCc1ccc(C(=O)OC(=O)c2ccc(C(=O)OC(=O)c3ccc(CCN)cc3)cc2)cc1. The van der Waals surface area contributed by atoms with E-state index in [0.717, 1.165) is 11.1 Å². The van der Waals surface area contributed by atoms with Crippen LogP contribution in [0.15, 0.2) is 72.8 Å². The van der Waals surface area contributed by atoms with E-state index in [1.165, 1.54) is 24.3 Å². The molecule has 0 fully saturated rings. The first-order valence-corrected chi connectivity index (χ1v) is 10.6. The minimum Gasteiger partial charge on any atom is -0.386 e. The Bertz CT molecular complexity index is 1070. The third kappa shape index (κ3) is 6.44. The van der Waals surface area contributed by atoms with Gasteiger partial charge in [0.05, 0.1) is 22.3 Å². The molecule has 3 rings (SSSR count). The van der Waals surface area contributed by atoms with Crippen LogP contribution in [-0.4, -0.2) is 37.0 Å². The van der Waals surface area contributed by atoms with Crippen LogP contribution in [0.2, 0.25) is 0 Å². The molecule has 0 aliphatic heterocycles. The van der Waals surface area contributed by atoms with E-state index in [-0.39, 0.29) is 22.3 Å². The molecule has 0 unspecified atom stereocenters. The van der Waals surface area contributed by atoms with E-state index in [4.69, 9.17) is 20.9 Å². The van der Waals surface area contributed by atoms with Gasteiger partial charge in [0.1, 0.15) is 0 Å². The van der Waals surface area contributed by atoms with E-state index >= 15 is 0 Å². The maximum Gasteiger partial charge on any atom is 0.346 e. The molecule has 3 aromatic rings. The molecule has 174 valence electrons. The second-order valence-electron chi connectivity index (χ2n) is 7.40. The number of hydrogen-bond acceptors (Lipinski definition) is 8. The monoisotopic (exact) mass is 460 g/mol. The standard InChI is InChI=1S/C26H24N2O6/c27-15-13-17-1-5-19(6-2-17)23(29)33-25(31)21-9-11-22(12-10-21)26(32)34-24(30)20-7-3-18(4-8-20)14-16-28/h1-12H,13-16,27-28H2. The van der Waals surface area contributed by atoms with Crippen molar-refractivity contribution in [1.29, 1.82) is 0 Å². The van der Waals surface area contributed by atoms with Crippen molar-refractivity contribution in [3.63, 3.8) is 0 Å². The summed E-state index contributed by atoms with van der Waals surface area (Å²) in [6, 6.07) is 18.4. The van der Waals surface area contributed by atoms with Gasteiger partial charge in [0.25, 0.3) is 0 Å². The molecule has 0 heterocycles. The summed E-state index contributed by atoms with van der Waals surface area (Å²) in [6.07, 6.45) is 1.35. The van der Waals surface area contributed by atoms with Crippen molar-refractivity contribution in [3.05, 3.63) is 106 Å². The zero-order valence-corrected chi connectivity index (χ0v) is 18.4. The molecule has 0 aromatic heterocycles. The number of rotatable bonds is 8. The molecule has 0 atom stereocenters. The Labute approximate surface area is 196 Å². The number of ether oxygens (including phenoxy) is 2. The van der Waals surface area contributed by atoms with Gasteiger partial charge in [-0.1, -0.05) is 24.3 Å². The van der Waals surface area contributed by atoms with Crippen molar-refractivity contribution in [1.82, 2.24) is 0 Å². The van der Waals surface area contributed by atoms with Gasteiger partial charge >= 0.3 is 23.9 Å². The smallest absolute Gasteiger partial charge is 0.346 e. The highest BCUT2D eigenvalue weighted by Crippen LogP contribution is 2.13. The highest BCUT2D eigenvalue weighted by atomic mass is 16.6. The lowest BCUT2D eigenvalue weighted by molar-refractivity contribution is 0.0376. The molecule has 0 saturated carbocycles. The van der Waals surface area contributed by atoms with Gasteiger partial charge < -0.3 is 20.9 Å². The summed E-state index contributed by atoms with van der Waals surface area (Å²) < 4.78 is 9.78. The largest absolute Gasteiger partial charge is 0.386 e. The highest BCUT2D eigenvalue weighted by Gasteiger charge is 2.18. The van der Waals surface area contributed by atoms with Crippen LogP contribution in [-0.2, 0) is 22.3 Å². The fourth-order valence-electron chi connectivity index (χ4n) is 3.09. The van der Waals surface area contributed by atoms with Crippen LogP contribution >= 0.6 is 0 Å². The lowest BCUT2D eigenvalue weighted by Crippen LogP contribution is -2.15. The van der Waals surface area contributed by atoms with Crippen molar-refractivity contribution >= 4 is 23.9 Å². The Morgan fingerprint density at radius 2 is 0.706 bits per heavy atom. The fraction of sp³-hybridized carbons (Fsp3) is 0.154. The molecule has 8 nitrogen and oxygen atoms in total. The summed E-state index contributed by atoms with van der Waals surface area (Å²) in [4.78, 5) is 49.0. The van der Waals surface area contributed by atoms with Crippen LogP contribution in [0.5, 0.6) is 0 Å². The molecule has 0 spiro atoms. The summed E-state index contributed by atoms with van der Waals surface area (Å²) in [5.41, 5.74) is 13.5. The lowest BCUT2D eigenvalue weighted by atomic mass is 10.1. The zero-order valence-electron chi connectivity index (χ0n) is 18.4. The van der Waals surface area contributed by atoms with Crippen LogP contribution in [0.4, 0.5) is 0 Å². The molecule has 0 amide bonds. The van der Waals surface area contributed by atoms with Crippen LogP contribution in [0.1, 0.15) is 52.6 Å². The molecule has 34 heavy (non-hydrogen) atoms. The Hall–Kier alpha value is -4.14. The number of carbonyl (C=O) groups is 4. The van der Waals surface area contributed by atoms with E-state index in [1.807, 2.05) is 0 Å². The molecule has 0 aliphatic rings. The first-order chi connectivity index (χ1) is 16.4. The molecule has 3 aromatic carbocycles. The second-order valence-corrected chi connectivity index (χ2v) is 7.40. The summed E-state index contributed by atoms with van der Waals surface area (Å²) in [7, 11) is 0. The van der Waals surface area contributed by atoms with Crippen molar-refractivity contribution in [2.75, 3.05) is 13.1 Å². The fourth-order valence-corrected chi connectivity index (χ4v) is 3.09. The van der Waals surface area contributed by atoms with Gasteiger partial charge in [-0.25, -0.2) is 19.2 Å². The molecule has 0 bridgehead atoms. The van der Waals surface area contributed by atoms with Crippen LogP contribution in [0, 0.1) is 0 Å². The number of nitrogens with two attached hydrogens (primary N) is 2. The van der Waals surface area contributed by atoms with Gasteiger partial charge in [-0.2, -0.15) is 0 Å². The van der Waals surface area contributed by atoms with E-state index in [0.29, 0.717) is 25.9 Å². The Morgan fingerprint density at radius 1 is 0.471 bits per heavy atom. The minimum atomic E-state index is -0.871.